The van der Waals surface area contributed by atoms with Crippen molar-refractivity contribution in [3.8, 4) is 0 Å². The van der Waals surface area contributed by atoms with E-state index in [9.17, 15) is 9.59 Å². The Morgan fingerprint density at radius 3 is 2.64 bits per heavy atom. The first-order valence-corrected chi connectivity index (χ1v) is 7.25. The van der Waals surface area contributed by atoms with Crippen molar-refractivity contribution in [3.63, 3.8) is 0 Å². The van der Waals surface area contributed by atoms with E-state index in [0.717, 1.165) is 5.56 Å². The molecule has 0 N–H and O–H groups in total. The maximum absolute atomic E-state index is 15.1. The quantitative estimate of drug-likeness (QED) is 0.775. The molecule has 1 saturated heterocycles. The lowest BCUT2D eigenvalue weighted by Gasteiger charge is -2.23. The summed E-state index contributed by atoms with van der Waals surface area (Å²) in [6.07, 6.45) is -1.15. The molecule has 0 bridgehead atoms. The predicted molar refractivity (Wildman–Crippen MR) is 77.7 cm³/mol. The van der Waals surface area contributed by atoms with Gasteiger partial charge in [-0.15, -0.1) is 0 Å². The molecule has 1 aromatic rings. The van der Waals surface area contributed by atoms with Gasteiger partial charge in [-0.05, 0) is 12.5 Å². The monoisotopic (exact) mass is 309 g/mol. The average molecular weight is 309 g/mol. The van der Waals surface area contributed by atoms with Gasteiger partial charge in [-0.3, -0.25) is 9.69 Å². The fourth-order valence-electron chi connectivity index (χ4n) is 2.61. The van der Waals surface area contributed by atoms with Crippen LogP contribution in [0.15, 0.2) is 30.3 Å². The Morgan fingerprint density at radius 2 is 2.05 bits per heavy atom. The summed E-state index contributed by atoms with van der Waals surface area (Å²) < 4.78 is 24.9. The average Bonchev–Trinajstić information content (AvgIpc) is 2.77. The summed E-state index contributed by atoms with van der Waals surface area (Å²) in [5.74, 6) is -1.59. The molecule has 6 heteroatoms. The number of nitrogens with zero attached hydrogens (tertiary/aromatic N) is 1. The van der Waals surface area contributed by atoms with Crippen molar-refractivity contribution in [1.82, 2.24) is 4.90 Å². The molecule has 22 heavy (non-hydrogen) atoms. The molecule has 0 saturated carbocycles. The van der Waals surface area contributed by atoms with E-state index in [0.29, 0.717) is 6.54 Å². The molecule has 0 amide bonds. The number of esters is 2. The number of benzene rings is 1. The lowest BCUT2D eigenvalue weighted by molar-refractivity contribution is -0.169. The van der Waals surface area contributed by atoms with E-state index in [2.05, 4.69) is 0 Å². The van der Waals surface area contributed by atoms with Crippen LogP contribution >= 0.6 is 0 Å². The van der Waals surface area contributed by atoms with Crippen LogP contribution in [0.4, 0.5) is 4.39 Å². The molecule has 1 aromatic carbocycles. The van der Waals surface area contributed by atoms with Crippen molar-refractivity contribution in [2.24, 2.45) is 0 Å². The highest BCUT2D eigenvalue weighted by Gasteiger charge is 2.56. The Kier molecular flexibility index (Phi) is 5.13. The Balaban J connectivity index is 2.13. The number of carbonyl (C=O) groups excluding carboxylic acids is 2. The Labute approximate surface area is 129 Å². The molecule has 2 atom stereocenters. The van der Waals surface area contributed by atoms with Crippen LogP contribution in [-0.2, 0) is 25.6 Å². The Morgan fingerprint density at radius 1 is 1.36 bits per heavy atom. The lowest BCUT2D eigenvalue weighted by atomic mass is 10.0. The highest BCUT2D eigenvalue weighted by molar-refractivity contribution is 5.82. The summed E-state index contributed by atoms with van der Waals surface area (Å²) in [5.41, 5.74) is -1.33. The van der Waals surface area contributed by atoms with Gasteiger partial charge in [-0.2, -0.15) is 0 Å². The smallest absolute Gasteiger partial charge is 0.349 e. The number of rotatable bonds is 5. The molecule has 0 radical (unpaired) electrons. The van der Waals surface area contributed by atoms with Crippen molar-refractivity contribution in [2.45, 2.75) is 32.2 Å². The summed E-state index contributed by atoms with van der Waals surface area (Å²) in [4.78, 5) is 24.9. The van der Waals surface area contributed by atoms with E-state index in [1.165, 1.54) is 6.92 Å². The zero-order valence-electron chi connectivity index (χ0n) is 12.8. The van der Waals surface area contributed by atoms with Crippen molar-refractivity contribution in [3.05, 3.63) is 35.9 Å². The van der Waals surface area contributed by atoms with E-state index in [1.54, 1.807) is 11.8 Å². The van der Waals surface area contributed by atoms with Crippen LogP contribution in [-0.4, -0.2) is 48.3 Å². The third kappa shape index (κ3) is 3.62. The minimum absolute atomic E-state index is 0.0793. The summed E-state index contributed by atoms with van der Waals surface area (Å²) >= 11 is 0. The van der Waals surface area contributed by atoms with Gasteiger partial charge in [0.05, 0.1) is 6.61 Å². The van der Waals surface area contributed by atoms with Crippen LogP contribution in [0.2, 0.25) is 0 Å². The molecular weight excluding hydrogens is 289 g/mol. The highest BCUT2D eigenvalue weighted by Crippen LogP contribution is 2.31. The van der Waals surface area contributed by atoms with Gasteiger partial charge < -0.3 is 9.47 Å². The van der Waals surface area contributed by atoms with Crippen molar-refractivity contribution >= 4 is 11.9 Å². The second kappa shape index (κ2) is 6.87. The van der Waals surface area contributed by atoms with Crippen molar-refractivity contribution in [1.29, 1.82) is 0 Å². The van der Waals surface area contributed by atoms with Gasteiger partial charge in [0.1, 0.15) is 0 Å². The van der Waals surface area contributed by atoms with E-state index in [1.807, 2.05) is 30.3 Å². The first-order valence-electron chi connectivity index (χ1n) is 7.25. The van der Waals surface area contributed by atoms with Gasteiger partial charge in [0.25, 0.3) is 5.67 Å². The highest BCUT2D eigenvalue weighted by atomic mass is 19.1. The normalized spacial score (nSPS) is 25.0. The van der Waals surface area contributed by atoms with Crippen LogP contribution in [0.5, 0.6) is 0 Å². The van der Waals surface area contributed by atoms with Crippen LogP contribution in [0, 0.1) is 0 Å². The number of hydrogen-bond donors (Lipinski definition) is 0. The fourth-order valence-corrected chi connectivity index (χ4v) is 2.61. The number of ether oxygens (including phenoxy) is 2. The molecule has 1 aliphatic heterocycles. The third-order valence-corrected chi connectivity index (χ3v) is 3.56. The summed E-state index contributed by atoms with van der Waals surface area (Å²) in [6, 6.07) is 9.52. The second-order valence-corrected chi connectivity index (χ2v) is 5.34. The predicted octanol–water partition coefficient (Wildman–Crippen LogP) is 1.71. The van der Waals surface area contributed by atoms with E-state index in [-0.39, 0.29) is 19.7 Å². The lowest BCUT2D eigenvalue weighted by Crippen LogP contribution is -2.48. The molecule has 1 heterocycles. The Hall–Kier alpha value is -1.95. The number of likely N-dealkylation sites (tertiary alicyclic amines) is 1. The standard InChI is InChI=1S/C16H20FNO4/c1-3-21-15(20)16(17)11-18(10-14(16)22-12(2)19)9-13-7-5-4-6-8-13/h4-8,14H,3,9-11H2,1-2H3/t14-,16+/m0/s1. The van der Waals surface area contributed by atoms with Gasteiger partial charge in [0.2, 0.25) is 0 Å². The van der Waals surface area contributed by atoms with E-state index >= 15 is 4.39 Å². The van der Waals surface area contributed by atoms with Crippen molar-refractivity contribution in [2.75, 3.05) is 19.7 Å². The zero-order valence-corrected chi connectivity index (χ0v) is 12.8. The molecule has 1 aliphatic rings. The molecule has 0 aromatic heterocycles. The summed E-state index contributed by atoms with van der Waals surface area (Å²) in [6.45, 7) is 3.37. The molecule has 0 unspecified atom stereocenters. The van der Waals surface area contributed by atoms with Gasteiger partial charge in [0.15, 0.2) is 6.10 Å². The van der Waals surface area contributed by atoms with Crippen molar-refractivity contribution < 1.29 is 23.5 Å². The van der Waals surface area contributed by atoms with Gasteiger partial charge in [-0.25, -0.2) is 9.18 Å². The van der Waals surface area contributed by atoms with Crippen LogP contribution in [0.1, 0.15) is 19.4 Å². The summed E-state index contributed by atoms with van der Waals surface area (Å²) in [5, 5.41) is 0. The molecule has 2 rings (SSSR count). The van der Waals surface area contributed by atoms with E-state index in [4.69, 9.17) is 9.47 Å². The third-order valence-electron chi connectivity index (χ3n) is 3.56. The molecule has 1 fully saturated rings. The Bertz CT molecular complexity index is 536. The second-order valence-electron chi connectivity index (χ2n) is 5.34. The number of hydrogen-bond acceptors (Lipinski definition) is 5. The number of halogens is 1. The molecule has 0 aliphatic carbocycles. The van der Waals surface area contributed by atoms with Crippen LogP contribution < -0.4 is 0 Å². The van der Waals surface area contributed by atoms with Gasteiger partial charge in [0, 0.05) is 26.6 Å². The fraction of sp³-hybridized carbons (Fsp3) is 0.500. The minimum Gasteiger partial charge on any atom is -0.463 e. The molecular formula is C16H20FNO4. The summed E-state index contributed by atoms with van der Waals surface area (Å²) in [7, 11) is 0. The van der Waals surface area contributed by atoms with Crippen LogP contribution in [0.3, 0.4) is 0 Å². The first kappa shape index (κ1) is 16.4. The maximum atomic E-state index is 15.1. The SMILES string of the molecule is CCOC(=O)[C@@]1(F)CN(Cc2ccccc2)C[C@@H]1OC(C)=O. The molecule has 5 nitrogen and oxygen atoms in total. The number of alkyl halides is 1. The number of carbonyl (C=O) groups is 2. The topological polar surface area (TPSA) is 55.8 Å². The first-order chi connectivity index (χ1) is 10.5. The zero-order chi connectivity index (χ0) is 16.2. The maximum Gasteiger partial charge on any atom is 0.349 e. The van der Waals surface area contributed by atoms with Gasteiger partial charge >= 0.3 is 11.9 Å². The molecule has 0 spiro atoms. The van der Waals surface area contributed by atoms with E-state index < -0.39 is 23.7 Å². The largest absolute Gasteiger partial charge is 0.463 e. The van der Waals surface area contributed by atoms with Gasteiger partial charge in [-0.1, -0.05) is 30.3 Å². The minimum atomic E-state index is -2.32. The molecule has 120 valence electrons. The van der Waals surface area contributed by atoms with Crippen LogP contribution in [0.25, 0.3) is 0 Å².